The molecule has 1 aromatic carbocycles. The van der Waals surface area contributed by atoms with Gasteiger partial charge in [0.25, 0.3) is 0 Å². The van der Waals surface area contributed by atoms with Crippen molar-refractivity contribution in [3.63, 3.8) is 0 Å². The van der Waals surface area contributed by atoms with Crippen LogP contribution in [0.2, 0.25) is 0 Å². The fourth-order valence-corrected chi connectivity index (χ4v) is 1.59. The molecule has 88 valence electrons. The summed E-state index contributed by atoms with van der Waals surface area (Å²) in [7, 11) is 3.51. The van der Waals surface area contributed by atoms with E-state index in [9.17, 15) is 0 Å². The molecule has 2 aromatic rings. The highest BCUT2D eigenvalue weighted by atomic mass is 16.5. The van der Waals surface area contributed by atoms with Crippen LogP contribution in [0.5, 0.6) is 5.75 Å². The van der Waals surface area contributed by atoms with Gasteiger partial charge in [-0.05, 0) is 31.2 Å². The molecule has 0 amide bonds. The van der Waals surface area contributed by atoms with E-state index in [2.05, 4.69) is 15.3 Å². The summed E-state index contributed by atoms with van der Waals surface area (Å²) >= 11 is 0. The van der Waals surface area contributed by atoms with Gasteiger partial charge in [-0.15, -0.1) is 0 Å². The summed E-state index contributed by atoms with van der Waals surface area (Å²) in [5.41, 5.74) is 2.87. The van der Waals surface area contributed by atoms with Crippen LogP contribution in [-0.4, -0.2) is 24.1 Å². The van der Waals surface area contributed by atoms with Gasteiger partial charge in [0.15, 0.2) is 5.82 Å². The molecule has 0 saturated carbocycles. The summed E-state index contributed by atoms with van der Waals surface area (Å²) in [5, 5.41) is 3.05. The second-order valence-corrected chi connectivity index (χ2v) is 3.67. The van der Waals surface area contributed by atoms with Crippen molar-refractivity contribution in [3.05, 3.63) is 36.2 Å². The quantitative estimate of drug-likeness (QED) is 0.878. The first-order chi connectivity index (χ1) is 8.24. The fourth-order valence-electron chi connectivity index (χ4n) is 1.59. The Bertz CT molecular complexity index is 509. The van der Waals surface area contributed by atoms with Gasteiger partial charge >= 0.3 is 0 Å². The van der Waals surface area contributed by atoms with Crippen molar-refractivity contribution in [1.29, 1.82) is 0 Å². The molecule has 0 saturated heterocycles. The highest BCUT2D eigenvalue weighted by molar-refractivity contribution is 5.58. The Morgan fingerprint density at radius 1 is 1.18 bits per heavy atom. The number of nitrogens with one attached hydrogen (secondary N) is 1. The standard InChI is InChI=1S/C13H15N3O/c1-9-12(14-2)8-15-13(16-9)10-4-6-11(17-3)7-5-10/h4-8,14H,1-3H3. The smallest absolute Gasteiger partial charge is 0.159 e. The van der Waals surface area contributed by atoms with Gasteiger partial charge in [-0.2, -0.15) is 0 Å². The predicted molar refractivity (Wildman–Crippen MR) is 68.3 cm³/mol. The zero-order valence-corrected chi connectivity index (χ0v) is 10.2. The number of aryl methyl sites for hydroxylation is 1. The van der Waals surface area contributed by atoms with E-state index in [4.69, 9.17) is 4.74 Å². The van der Waals surface area contributed by atoms with E-state index in [0.29, 0.717) is 0 Å². The molecule has 0 bridgehead atoms. The average molecular weight is 229 g/mol. The molecule has 17 heavy (non-hydrogen) atoms. The van der Waals surface area contributed by atoms with Gasteiger partial charge in [0, 0.05) is 12.6 Å². The summed E-state index contributed by atoms with van der Waals surface area (Å²) in [6.45, 7) is 1.96. The number of rotatable bonds is 3. The van der Waals surface area contributed by atoms with Gasteiger partial charge in [0.05, 0.1) is 24.7 Å². The molecular weight excluding hydrogens is 214 g/mol. The van der Waals surface area contributed by atoms with Crippen LogP contribution in [0, 0.1) is 6.92 Å². The van der Waals surface area contributed by atoms with E-state index in [1.54, 1.807) is 13.3 Å². The molecule has 0 atom stereocenters. The van der Waals surface area contributed by atoms with Gasteiger partial charge in [-0.1, -0.05) is 0 Å². The zero-order chi connectivity index (χ0) is 12.3. The highest BCUT2D eigenvalue weighted by Gasteiger charge is 2.04. The predicted octanol–water partition coefficient (Wildman–Crippen LogP) is 2.50. The summed E-state index contributed by atoms with van der Waals surface area (Å²) in [4.78, 5) is 8.78. The van der Waals surface area contributed by atoms with Crippen molar-refractivity contribution in [2.75, 3.05) is 19.5 Å². The number of hydrogen-bond donors (Lipinski definition) is 1. The first kappa shape index (κ1) is 11.4. The van der Waals surface area contributed by atoms with Crippen LogP contribution in [0.15, 0.2) is 30.5 Å². The molecule has 0 spiro atoms. The van der Waals surface area contributed by atoms with Crippen molar-refractivity contribution in [3.8, 4) is 17.1 Å². The summed E-state index contributed by atoms with van der Waals surface area (Å²) in [5.74, 6) is 1.56. The zero-order valence-electron chi connectivity index (χ0n) is 10.2. The van der Waals surface area contributed by atoms with Gasteiger partial charge in [-0.3, -0.25) is 0 Å². The number of hydrogen-bond acceptors (Lipinski definition) is 4. The molecule has 0 radical (unpaired) electrons. The third-order valence-electron chi connectivity index (χ3n) is 2.60. The summed E-state index contributed by atoms with van der Waals surface area (Å²) < 4.78 is 5.11. The molecule has 0 unspecified atom stereocenters. The Kier molecular flexibility index (Phi) is 3.23. The molecule has 0 aliphatic carbocycles. The number of methoxy groups -OCH3 is 1. The molecule has 1 aromatic heterocycles. The van der Waals surface area contributed by atoms with Crippen molar-refractivity contribution >= 4 is 5.69 Å². The molecule has 0 fully saturated rings. The maximum atomic E-state index is 5.11. The van der Waals surface area contributed by atoms with E-state index >= 15 is 0 Å². The van der Waals surface area contributed by atoms with Gasteiger partial charge < -0.3 is 10.1 Å². The molecule has 0 aliphatic rings. The molecular formula is C13H15N3O. The van der Waals surface area contributed by atoms with Gasteiger partial charge in [0.1, 0.15) is 5.75 Å². The minimum absolute atomic E-state index is 0.726. The number of nitrogens with zero attached hydrogens (tertiary/aromatic N) is 2. The second kappa shape index (κ2) is 4.82. The van der Waals surface area contributed by atoms with Crippen molar-refractivity contribution < 1.29 is 4.74 Å². The average Bonchev–Trinajstić information content (AvgIpc) is 2.39. The molecule has 1 N–H and O–H groups in total. The Morgan fingerprint density at radius 3 is 2.41 bits per heavy atom. The molecule has 0 aliphatic heterocycles. The Balaban J connectivity index is 2.35. The normalized spacial score (nSPS) is 10.1. The summed E-state index contributed by atoms with van der Waals surface area (Å²) in [6.07, 6.45) is 1.79. The van der Waals surface area contributed by atoms with Crippen LogP contribution in [0.4, 0.5) is 5.69 Å². The molecule has 4 nitrogen and oxygen atoms in total. The van der Waals surface area contributed by atoms with Crippen LogP contribution < -0.4 is 10.1 Å². The lowest BCUT2D eigenvalue weighted by Gasteiger charge is -2.06. The number of ether oxygens (including phenoxy) is 1. The topological polar surface area (TPSA) is 47.0 Å². The van der Waals surface area contributed by atoms with Crippen LogP contribution in [0.25, 0.3) is 11.4 Å². The molecule has 2 rings (SSSR count). The maximum Gasteiger partial charge on any atom is 0.159 e. The first-order valence-electron chi connectivity index (χ1n) is 5.40. The number of anilines is 1. The second-order valence-electron chi connectivity index (χ2n) is 3.67. The lowest BCUT2D eigenvalue weighted by Crippen LogP contribution is -1.98. The fraction of sp³-hybridized carbons (Fsp3) is 0.231. The van der Waals surface area contributed by atoms with E-state index in [1.165, 1.54) is 0 Å². The van der Waals surface area contributed by atoms with Crippen LogP contribution in [0.1, 0.15) is 5.69 Å². The largest absolute Gasteiger partial charge is 0.497 e. The Hall–Kier alpha value is -2.10. The monoisotopic (exact) mass is 229 g/mol. The molecule has 4 heteroatoms. The lowest BCUT2D eigenvalue weighted by molar-refractivity contribution is 0.415. The summed E-state index contributed by atoms with van der Waals surface area (Å²) in [6, 6.07) is 7.71. The lowest BCUT2D eigenvalue weighted by atomic mass is 10.2. The van der Waals surface area contributed by atoms with Crippen molar-refractivity contribution in [1.82, 2.24) is 9.97 Å². The SMILES string of the molecule is CNc1cnc(-c2ccc(OC)cc2)nc1C. The Morgan fingerprint density at radius 2 is 1.88 bits per heavy atom. The minimum Gasteiger partial charge on any atom is -0.497 e. The van der Waals surface area contributed by atoms with Gasteiger partial charge in [-0.25, -0.2) is 9.97 Å². The van der Waals surface area contributed by atoms with E-state index in [-0.39, 0.29) is 0 Å². The van der Waals surface area contributed by atoms with Gasteiger partial charge in [0.2, 0.25) is 0 Å². The number of aromatic nitrogens is 2. The van der Waals surface area contributed by atoms with E-state index in [0.717, 1.165) is 28.5 Å². The number of benzene rings is 1. The van der Waals surface area contributed by atoms with Crippen molar-refractivity contribution in [2.24, 2.45) is 0 Å². The molecule has 1 heterocycles. The maximum absolute atomic E-state index is 5.11. The minimum atomic E-state index is 0.726. The third-order valence-corrected chi connectivity index (χ3v) is 2.60. The van der Waals surface area contributed by atoms with Crippen LogP contribution >= 0.6 is 0 Å². The van der Waals surface area contributed by atoms with Crippen LogP contribution in [0.3, 0.4) is 0 Å². The first-order valence-corrected chi connectivity index (χ1v) is 5.40. The van der Waals surface area contributed by atoms with E-state index < -0.39 is 0 Å². The highest BCUT2D eigenvalue weighted by Crippen LogP contribution is 2.20. The Labute approximate surface area is 101 Å². The third kappa shape index (κ3) is 2.36. The van der Waals surface area contributed by atoms with Crippen LogP contribution in [-0.2, 0) is 0 Å². The van der Waals surface area contributed by atoms with E-state index in [1.807, 2.05) is 38.2 Å². The van der Waals surface area contributed by atoms with Crippen molar-refractivity contribution in [2.45, 2.75) is 6.92 Å².